The van der Waals surface area contributed by atoms with Crippen LogP contribution in [-0.4, -0.2) is 26.3 Å². The predicted octanol–water partition coefficient (Wildman–Crippen LogP) is 9.45. The molecule has 0 bridgehead atoms. The van der Waals surface area contributed by atoms with Gasteiger partial charge in [0, 0.05) is 21.5 Å². The van der Waals surface area contributed by atoms with Gasteiger partial charge in [0.05, 0.1) is 16.6 Å². The number of phenolic OH excluding ortho intramolecular Hbond substituents is 1. The van der Waals surface area contributed by atoms with E-state index in [1.165, 1.54) is 18.2 Å². The molecule has 0 saturated carbocycles. The number of aromatic hydroxyl groups is 2. The Balaban J connectivity index is 1.65. The maximum Gasteiger partial charge on any atom is 0.417 e. The fraction of sp³-hybridized carbons (Fsp3) is 0.100. The Morgan fingerprint density at radius 2 is 1.62 bits per heavy atom. The number of phenols is 1. The van der Waals surface area contributed by atoms with Gasteiger partial charge in [-0.15, -0.1) is 10.2 Å². The molecule has 5 rings (SSSR count). The molecule has 1 heterocycles. The van der Waals surface area contributed by atoms with E-state index in [1.54, 1.807) is 25.1 Å². The molecule has 0 saturated heterocycles. The van der Waals surface area contributed by atoms with E-state index >= 15 is 0 Å². The first-order valence-corrected chi connectivity index (χ1v) is 12.6. The lowest BCUT2D eigenvalue weighted by Gasteiger charge is -2.15. The number of hydrogen-bond acceptors (Lipinski definition) is 5. The number of fused-ring (bicyclic) bond motifs is 1. The lowest BCUT2D eigenvalue weighted by molar-refractivity contribution is -0.137. The fourth-order valence-corrected chi connectivity index (χ4v) is 4.82. The van der Waals surface area contributed by atoms with Crippen LogP contribution >= 0.6 is 11.6 Å². The van der Waals surface area contributed by atoms with E-state index in [2.05, 4.69) is 15.2 Å². The Bertz CT molecular complexity index is 1930. The molecule has 0 amide bonds. The maximum absolute atomic E-state index is 14.1. The third-order valence-electron chi connectivity index (χ3n) is 6.85. The number of aromatic nitrogens is 1. The molecule has 5 aromatic rings. The van der Waals surface area contributed by atoms with Crippen molar-refractivity contribution in [1.82, 2.24) is 4.98 Å². The second-order valence-electron chi connectivity index (χ2n) is 9.55. The number of benzene rings is 4. The molecule has 4 aromatic carbocycles. The molecule has 7 nitrogen and oxygen atoms in total. The van der Waals surface area contributed by atoms with Crippen LogP contribution in [0.5, 0.6) is 11.6 Å². The zero-order valence-corrected chi connectivity index (χ0v) is 22.6. The molecule has 0 unspecified atom stereocenters. The predicted molar refractivity (Wildman–Crippen MR) is 150 cm³/mol. The van der Waals surface area contributed by atoms with Crippen molar-refractivity contribution < 1.29 is 37.7 Å². The number of carbonyl (C=O) groups is 1. The van der Waals surface area contributed by atoms with Gasteiger partial charge in [-0.25, -0.2) is 9.18 Å². The van der Waals surface area contributed by atoms with Gasteiger partial charge in [0.1, 0.15) is 11.5 Å². The molecule has 0 aliphatic carbocycles. The van der Waals surface area contributed by atoms with Crippen molar-refractivity contribution in [3.8, 4) is 33.9 Å². The average Bonchev–Trinajstić information content (AvgIpc) is 3.24. The maximum atomic E-state index is 14.1. The number of carboxylic acids is 1. The molecule has 12 heteroatoms. The molecule has 0 aliphatic rings. The van der Waals surface area contributed by atoms with Crippen LogP contribution in [-0.2, 0) is 6.18 Å². The first-order valence-electron chi connectivity index (χ1n) is 12.3. The number of carboxylic acid groups (broad SMARTS) is 1. The van der Waals surface area contributed by atoms with Gasteiger partial charge >= 0.3 is 12.1 Å². The number of aromatic amines is 1. The van der Waals surface area contributed by atoms with Crippen molar-refractivity contribution in [2.24, 2.45) is 10.2 Å². The minimum atomic E-state index is -4.70. The lowest BCUT2D eigenvalue weighted by atomic mass is 9.94. The summed E-state index contributed by atoms with van der Waals surface area (Å²) < 4.78 is 56.1. The van der Waals surface area contributed by atoms with Crippen LogP contribution in [0.4, 0.5) is 28.9 Å². The van der Waals surface area contributed by atoms with Crippen LogP contribution < -0.4 is 0 Å². The number of azo groups is 1. The summed E-state index contributed by atoms with van der Waals surface area (Å²) in [6.07, 6.45) is -4.70. The van der Waals surface area contributed by atoms with Gasteiger partial charge in [0.15, 0.2) is 11.4 Å². The topological polar surface area (TPSA) is 118 Å². The van der Waals surface area contributed by atoms with Crippen molar-refractivity contribution in [1.29, 1.82) is 0 Å². The summed E-state index contributed by atoms with van der Waals surface area (Å²) in [5.41, 5.74) is -0.0581. The first-order chi connectivity index (χ1) is 19.8. The lowest BCUT2D eigenvalue weighted by Crippen LogP contribution is -2.07. The van der Waals surface area contributed by atoms with E-state index in [1.807, 2.05) is 6.92 Å². The molecule has 0 aliphatic heterocycles. The number of H-pyrrole nitrogens is 1. The zero-order chi connectivity index (χ0) is 30.5. The van der Waals surface area contributed by atoms with Gasteiger partial charge in [-0.2, -0.15) is 13.2 Å². The van der Waals surface area contributed by atoms with Crippen molar-refractivity contribution in [2.75, 3.05) is 0 Å². The molecule has 4 N–H and O–H groups in total. The highest BCUT2D eigenvalue weighted by Gasteiger charge is 2.35. The van der Waals surface area contributed by atoms with Gasteiger partial charge in [-0.05, 0) is 72.5 Å². The minimum absolute atomic E-state index is 0.0222. The van der Waals surface area contributed by atoms with Gasteiger partial charge in [-0.3, -0.25) is 0 Å². The number of halogens is 5. The van der Waals surface area contributed by atoms with Crippen molar-refractivity contribution in [2.45, 2.75) is 20.0 Å². The average molecular weight is 598 g/mol. The Labute approximate surface area is 240 Å². The second-order valence-corrected chi connectivity index (χ2v) is 9.99. The standard InChI is InChI=1S/C30H20ClF4N3O4/c1-13-3-4-16(9-14(13)2)24-21(30(33,34)35)7-6-18-25(24)36-28(40)26(18)38-37-23-12-17(31)11-19(27(23)39)15-5-8-22(32)20(10-15)29(41)42/h3-12,36,39-40H,1-2H3,(H,41,42). The highest BCUT2D eigenvalue weighted by Crippen LogP contribution is 2.47. The number of aryl methyl sites for hydroxylation is 2. The van der Waals surface area contributed by atoms with E-state index in [0.29, 0.717) is 0 Å². The van der Waals surface area contributed by atoms with Gasteiger partial charge in [0.2, 0.25) is 5.88 Å². The van der Waals surface area contributed by atoms with Gasteiger partial charge in [-0.1, -0.05) is 35.9 Å². The molecule has 42 heavy (non-hydrogen) atoms. The quantitative estimate of drug-likeness (QED) is 0.119. The Morgan fingerprint density at radius 1 is 0.905 bits per heavy atom. The summed E-state index contributed by atoms with van der Waals surface area (Å²) >= 11 is 6.20. The fourth-order valence-electron chi connectivity index (χ4n) is 4.61. The number of rotatable bonds is 5. The number of hydrogen-bond donors (Lipinski definition) is 4. The Hall–Kier alpha value is -4.90. The molecule has 0 spiro atoms. The second kappa shape index (κ2) is 10.5. The van der Waals surface area contributed by atoms with E-state index in [-0.39, 0.29) is 49.6 Å². The van der Waals surface area contributed by atoms with Crippen LogP contribution in [0.25, 0.3) is 33.2 Å². The number of nitrogens with zero attached hydrogens (tertiary/aromatic N) is 2. The molecule has 0 fully saturated rings. The molecular weight excluding hydrogens is 578 g/mol. The normalized spacial score (nSPS) is 12.0. The molecular formula is C30H20ClF4N3O4. The summed E-state index contributed by atoms with van der Waals surface area (Å²) in [6.45, 7) is 3.61. The highest BCUT2D eigenvalue weighted by atomic mass is 35.5. The van der Waals surface area contributed by atoms with Crippen LogP contribution in [0.1, 0.15) is 27.0 Å². The summed E-state index contributed by atoms with van der Waals surface area (Å²) in [5, 5.41) is 39.0. The molecule has 0 atom stereocenters. The molecule has 1 aromatic heterocycles. The van der Waals surface area contributed by atoms with Crippen molar-refractivity contribution in [3.63, 3.8) is 0 Å². The monoisotopic (exact) mass is 597 g/mol. The van der Waals surface area contributed by atoms with Crippen LogP contribution in [0.3, 0.4) is 0 Å². The summed E-state index contributed by atoms with van der Waals surface area (Å²) in [4.78, 5) is 14.0. The number of nitrogens with one attached hydrogen (secondary N) is 1. The third-order valence-corrected chi connectivity index (χ3v) is 7.07. The first kappa shape index (κ1) is 28.6. The number of aromatic carboxylic acids is 1. The summed E-state index contributed by atoms with van der Waals surface area (Å²) in [5.74, 6) is -3.54. The smallest absolute Gasteiger partial charge is 0.417 e. The van der Waals surface area contributed by atoms with E-state index in [9.17, 15) is 37.7 Å². The third kappa shape index (κ3) is 5.14. The van der Waals surface area contributed by atoms with Crippen LogP contribution in [0.2, 0.25) is 5.02 Å². The molecule has 0 radical (unpaired) electrons. The van der Waals surface area contributed by atoms with Gasteiger partial charge < -0.3 is 20.3 Å². The Kier molecular flexibility index (Phi) is 7.15. The zero-order valence-electron chi connectivity index (χ0n) is 21.8. The number of alkyl halides is 3. The largest absolute Gasteiger partial charge is 0.505 e. The minimum Gasteiger partial charge on any atom is -0.505 e. The summed E-state index contributed by atoms with van der Waals surface area (Å²) in [6, 6.07) is 12.7. The van der Waals surface area contributed by atoms with E-state index in [4.69, 9.17) is 11.6 Å². The van der Waals surface area contributed by atoms with Gasteiger partial charge in [0.25, 0.3) is 0 Å². The Morgan fingerprint density at radius 3 is 2.29 bits per heavy atom. The highest BCUT2D eigenvalue weighted by molar-refractivity contribution is 6.31. The van der Waals surface area contributed by atoms with Crippen molar-refractivity contribution in [3.05, 3.63) is 93.8 Å². The van der Waals surface area contributed by atoms with Crippen LogP contribution in [0.15, 0.2) is 70.9 Å². The van der Waals surface area contributed by atoms with Crippen LogP contribution in [0, 0.1) is 19.7 Å². The summed E-state index contributed by atoms with van der Waals surface area (Å²) in [7, 11) is 0. The van der Waals surface area contributed by atoms with E-state index < -0.39 is 40.7 Å². The SMILES string of the molecule is Cc1ccc(-c2c(C(F)(F)F)ccc3c(N=Nc4cc(Cl)cc(-c5ccc(F)c(C(=O)O)c5)c4O)c(O)[nH]c23)cc1C. The van der Waals surface area contributed by atoms with Crippen molar-refractivity contribution >= 4 is 39.8 Å². The molecule has 214 valence electrons. The van der Waals surface area contributed by atoms with E-state index in [0.717, 1.165) is 35.4 Å².